The van der Waals surface area contributed by atoms with E-state index in [9.17, 15) is 9.59 Å². The van der Waals surface area contributed by atoms with Crippen molar-refractivity contribution in [2.45, 2.75) is 37.8 Å². The third-order valence-corrected chi connectivity index (χ3v) is 5.65. The van der Waals surface area contributed by atoms with E-state index in [0.29, 0.717) is 37.2 Å². The lowest BCUT2D eigenvalue weighted by molar-refractivity contribution is 0.0551. The van der Waals surface area contributed by atoms with Gasteiger partial charge in [-0.2, -0.15) is 5.26 Å². The lowest BCUT2D eigenvalue weighted by atomic mass is 10.0. The van der Waals surface area contributed by atoms with Gasteiger partial charge in [0, 0.05) is 42.5 Å². The van der Waals surface area contributed by atoms with Gasteiger partial charge in [0.15, 0.2) is 0 Å². The smallest absolute Gasteiger partial charge is 0.407 e. The topological polar surface area (TPSA) is 97.5 Å². The summed E-state index contributed by atoms with van der Waals surface area (Å²) < 4.78 is 0. The average Bonchev–Trinajstić information content (AvgIpc) is 3.59. The van der Waals surface area contributed by atoms with Crippen LogP contribution in [0.4, 0.5) is 4.79 Å². The van der Waals surface area contributed by atoms with E-state index < -0.39 is 6.09 Å². The van der Waals surface area contributed by atoms with Crippen molar-refractivity contribution in [3.05, 3.63) is 53.9 Å². The molecule has 2 fully saturated rings. The number of carbonyl (C=O) groups is 2. The Morgan fingerprint density at radius 2 is 1.62 bits per heavy atom. The number of likely N-dealkylation sites (tertiary alicyclic amines) is 1. The summed E-state index contributed by atoms with van der Waals surface area (Å²) in [6.07, 6.45) is 4.16. The zero-order chi connectivity index (χ0) is 20.4. The molecule has 1 aliphatic carbocycles. The average molecular weight is 390 g/mol. The highest BCUT2D eigenvalue weighted by atomic mass is 16.4. The number of carbonyl (C=O) groups excluding carboxylic acids is 1. The fourth-order valence-corrected chi connectivity index (χ4v) is 3.90. The number of hydrogen-bond donors (Lipinski definition) is 1. The number of pyridine rings is 1. The van der Waals surface area contributed by atoms with Crippen LogP contribution in [0, 0.1) is 11.3 Å². The molecule has 1 N–H and O–H groups in total. The number of rotatable bonds is 4. The van der Waals surface area contributed by atoms with Crippen LogP contribution in [-0.2, 0) is 0 Å². The summed E-state index contributed by atoms with van der Waals surface area (Å²) in [7, 11) is 0. The van der Waals surface area contributed by atoms with Crippen molar-refractivity contribution < 1.29 is 14.7 Å². The molecule has 29 heavy (non-hydrogen) atoms. The van der Waals surface area contributed by atoms with Crippen LogP contribution in [0.15, 0.2) is 42.6 Å². The first-order chi connectivity index (χ1) is 14.1. The molecular weight excluding hydrogens is 368 g/mol. The highest BCUT2D eigenvalue weighted by Gasteiger charge is 2.39. The second kappa shape index (κ2) is 7.92. The minimum Gasteiger partial charge on any atom is -0.465 e. The molecule has 1 aromatic heterocycles. The minimum absolute atomic E-state index is 0.0192. The van der Waals surface area contributed by atoms with E-state index in [2.05, 4.69) is 4.98 Å². The largest absolute Gasteiger partial charge is 0.465 e. The van der Waals surface area contributed by atoms with E-state index in [0.717, 1.165) is 24.0 Å². The van der Waals surface area contributed by atoms with Crippen molar-refractivity contribution in [2.24, 2.45) is 0 Å². The third-order valence-electron chi connectivity index (χ3n) is 5.65. The Bertz CT molecular complexity index is 938. The van der Waals surface area contributed by atoms with E-state index in [4.69, 9.17) is 10.4 Å². The number of amides is 2. The van der Waals surface area contributed by atoms with E-state index in [-0.39, 0.29) is 18.0 Å². The van der Waals surface area contributed by atoms with Gasteiger partial charge in [-0.3, -0.25) is 4.79 Å². The van der Waals surface area contributed by atoms with E-state index >= 15 is 0 Å². The van der Waals surface area contributed by atoms with Crippen LogP contribution in [-0.4, -0.2) is 57.1 Å². The first-order valence-electron chi connectivity index (χ1n) is 9.84. The van der Waals surface area contributed by atoms with E-state index in [1.54, 1.807) is 12.3 Å². The maximum absolute atomic E-state index is 13.2. The van der Waals surface area contributed by atoms with Crippen molar-refractivity contribution in [1.29, 1.82) is 5.26 Å². The van der Waals surface area contributed by atoms with Gasteiger partial charge in [0.2, 0.25) is 0 Å². The molecule has 4 rings (SSSR count). The van der Waals surface area contributed by atoms with Gasteiger partial charge in [0.05, 0.1) is 0 Å². The normalized spacial score (nSPS) is 16.9. The van der Waals surface area contributed by atoms with Crippen molar-refractivity contribution >= 4 is 12.0 Å². The Kier molecular flexibility index (Phi) is 5.17. The zero-order valence-electron chi connectivity index (χ0n) is 16.0. The van der Waals surface area contributed by atoms with Crippen LogP contribution >= 0.6 is 0 Å². The summed E-state index contributed by atoms with van der Waals surface area (Å²) in [4.78, 5) is 31.9. The highest BCUT2D eigenvalue weighted by molar-refractivity contribution is 5.95. The van der Waals surface area contributed by atoms with Crippen LogP contribution in [0.1, 0.15) is 41.7 Å². The minimum atomic E-state index is -0.888. The molecule has 2 amide bonds. The molecule has 0 radical (unpaired) electrons. The molecule has 1 aliphatic heterocycles. The summed E-state index contributed by atoms with van der Waals surface area (Å²) in [5, 5.41) is 18.0. The Hall–Kier alpha value is -3.40. The van der Waals surface area contributed by atoms with Gasteiger partial charge < -0.3 is 14.9 Å². The van der Waals surface area contributed by atoms with Gasteiger partial charge in [-0.1, -0.05) is 12.1 Å². The van der Waals surface area contributed by atoms with Gasteiger partial charge in [-0.05, 0) is 55.5 Å². The Labute approximate surface area is 169 Å². The lowest BCUT2D eigenvalue weighted by Gasteiger charge is -2.38. The number of nitriles is 1. The number of nitrogens with zero attached hydrogens (tertiary/aromatic N) is 4. The molecule has 2 aliphatic rings. The van der Waals surface area contributed by atoms with Crippen LogP contribution in [0.2, 0.25) is 0 Å². The molecule has 0 unspecified atom stereocenters. The number of hydrogen-bond acceptors (Lipinski definition) is 4. The molecule has 0 bridgehead atoms. The van der Waals surface area contributed by atoms with Crippen LogP contribution in [0.25, 0.3) is 11.1 Å². The third kappa shape index (κ3) is 4.06. The Balaban J connectivity index is 1.48. The summed E-state index contributed by atoms with van der Waals surface area (Å²) in [6.45, 7) is 0.947. The summed E-state index contributed by atoms with van der Waals surface area (Å²) in [5.74, 6) is 0.0192. The van der Waals surface area contributed by atoms with Crippen LogP contribution in [0.3, 0.4) is 0 Å². The second-order valence-corrected chi connectivity index (χ2v) is 7.57. The lowest BCUT2D eigenvalue weighted by Crippen LogP contribution is -2.49. The van der Waals surface area contributed by atoms with Gasteiger partial charge in [0.1, 0.15) is 11.8 Å². The quantitative estimate of drug-likeness (QED) is 0.863. The van der Waals surface area contributed by atoms with Gasteiger partial charge in [-0.15, -0.1) is 0 Å². The molecular formula is C22H22N4O3. The molecule has 2 aromatic rings. The van der Waals surface area contributed by atoms with Gasteiger partial charge in [-0.25, -0.2) is 9.78 Å². The second-order valence-electron chi connectivity index (χ2n) is 7.57. The Morgan fingerprint density at radius 1 is 1.00 bits per heavy atom. The van der Waals surface area contributed by atoms with Crippen molar-refractivity contribution in [1.82, 2.24) is 14.8 Å². The maximum Gasteiger partial charge on any atom is 0.407 e. The molecule has 0 atom stereocenters. The molecule has 1 aromatic carbocycles. The van der Waals surface area contributed by atoms with Crippen LogP contribution in [0.5, 0.6) is 0 Å². The van der Waals surface area contributed by atoms with E-state index in [1.165, 1.54) is 4.90 Å². The molecule has 0 spiro atoms. The van der Waals surface area contributed by atoms with Crippen molar-refractivity contribution in [2.75, 3.05) is 13.1 Å². The number of piperidine rings is 1. The standard InChI is InChI=1S/C22H22N4O3/c23-13-18-6-5-17(14-24-18)15-1-3-16(4-2-15)21(27)26(19-7-8-19)20-9-11-25(12-10-20)22(28)29/h1-6,14,19-20H,7-12H2,(H,28,29). The first kappa shape index (κ1) is 18.9. The van der Waals surface area contributed by atoms with Crippen molar-refractivity contribution in [3.63, 3.8) is 0 Å². The summed E-state index contributed by atoms with van der Waals surface area (Å²) in [6, 6.07) is 13.3. The molecule has 1 saturated carbocycles. The molecule has 7 heteroatoms. The predicted octanol–water partition coefficient (Wildman–Crippen LogP) is 3.37. The molecule has 148 valence electrons. The SMILES string of the molecule is N#Cc1ccc(-c2ccc(C(=O)N(C3CC3)C3CCN(C(=O)O)CC3)cc2)cn1. The summed E-state index contributed by atoms with van der Waals surface area (Å²) in [5.41, 5.74) is 2.84. The highest BCUT2D eigenvalue weighted by Crippen LogP contribution is 2.33. The molecule has 7 nitrogen and oxygen atoms in total. The van der Waals surface area contributed by atoms with E-state index in [1.807, 2.05) is 41.3 Å². The summed E-state index contributed by atoms with van der Waals surface area (Å²) >= 11 is 0. The fraction of sp³-hybridized carbons (Fsp3) is 0.364. The zero-order valence-corrected chi connectivity index (χ0v) is 16.0. The molecule has 1 saturated heterocycles. The number of benzene rings is 1. The predicted molar refractivity (Wildman–Crippen MR) is 106 cm³/mol. The monoisotopic (exact) mass is 390 g/mol. The van der Waals surface area contributed by atoms with Gasteiger partial charge in [0.25, 0.3) is 5.91 Å². The number of aromatic nitrogens is 1. The fourth-order valence-electron chi connectivity index (χ4n) is 3.90. The van der Waals surface area contributed by atoms with Crippen LogP contribution < -0.4 is 0 Å². The van der Waals surface area contributed by atoms with Crippen molar-refractivity contribution in [3.8, 4) is 17.2 Å². The Morgan fingerprint density at radius 3 is 2.14 bits per heavy atom. The maximum atomic E-state index is 13.2. The first-order valence-corrected chi connectivity index (χ1v) is 9.84. The van der Waals surface area contributed by atoms with Gasteiger partial charge >= 0.3 is 6.09 Å². The number of carboxylic acid groups (broad SMARTS) is 1. The molecule has 2 heterocycles.